The molecule has 2 aliphatic heterocycles. The van der Waals surface area contributed by atoms with Crippen molar-refractivity contribution in [2.75, 3.05) is 19.0 Å². The van der Waals surface area contributed by atoms with Gasteiger partial charge in [-0.2, -0.15) is 5.10 Å². The molecule has 3 heterocycles. The SMILES string of the molecule is CC(C)N(C)C(=O)N(C)c1ccc(C2=CNC3C=CC(c4cnn(C)c4)=CN23)cc1F. The highest BCUT2D eigenvalue weighted by atomic mass is 19.1. The third-order valence-electron chi connectivity index (χ3n) is 5.71. The molecule has 2 aliphatic rings. The van der Waals surface area contributed by atoms with Crippen molar-refractivity contribution < 1.29 is 9.18 Å². The van der Waals surface area contributed by atoms with E-state index in [1.165, 1.54) is 11.0 Å². The molecule has 1 atom stereocenters. The summed E-state index contributed by atoms with van der Waals surface area (Å²) in [5.41, 5.74) is 3.87. The Kier molecular flexibility index (Phi) is 5.31. The van der Waals surface area contributed by atoms with Crippen molar-refractivity contribution >= 4 is 23.0 Å². The van der Waals surface area contributed by atoms with Crippen LogP contribution in [0, 0.1) is 5.82 Å². The van der Waals surface area contributed by atoms with Crippen LogP contribution in [0.1, 0.15) is 25.0 Å². The van der Waals surface area contributed by atoms with Crippen LogP contribution in [-0.4, -0.2) is 51.9 Å². The second-order valence-corrected chi connectivity index (χ2v) is 8.11. The van der Waals surface area contributed by atoms with E-state index in [0.717, 1.165) is 22.4 Å². The maximum Gasteiger partial charge on any atom is 0.324 e. The highest BCUT2D eigenvalue weighted by molar-refractivity contribution is 5.92. The summed E-state index contributed by atoms with van der Waals surface area (Å²) in [5, 5.41) is 7.54. The second-order valence-electron chi connectivity index (χ2n) is 8.11. The number of benzene rings is 1. The summed E-state index contributed by atoms with van der Waals surface area (Å²) in [6.07, 6.45) is 11.8. The van der Waals surface area contributed by atoms with Crippen molar-refractivity contribution in [3.63, 3.8) is 0 Å². The average molecular weight is 423 g/mol. The molecule has 31 heavy (non-hydrogen) atoms. The Hall–Kier alpha value is -3.55. The van der Waals surface area contributed by atoms with Gasteiger partial charge >= 0.3 is 6.03 Å². The van der Waals surface area contributed by atoms with Gasteiger partial charge in [-0.3, -0.25) is 9.58 Å². The van der Waals surface area contributed by atoms with Gasteiger partial charge in [-0.1, -0.05) is 12.1 Å². The Balaban J connectivity index is 1.59. The van der Waals surface area contributed by atoms with E-state index in [1.807, 2.05) is 51.8 Å². The number of nitrogens with zero attached hydrogens (tertiary/aromatic N) is 5. The van der Waals surface area contributed by atoms with Gasteiger partial charge in [0.25, 0.3) is 0 Å². The molecular weight excluding hydrogens is 395 g/mol. The van der Waals surface area contributed by atoms with Crippen LogP contribution >= 0.6 is 0 Å². The van der Waals surface area contributed by atoms with E-state index < -0.39 is 5.82 Å². The molecule has 7 nitrogen and oxygen atoms in total. The predicted octanol–water partition coefficient (Wildman–Crippen LogP) is 3.60. The quantitative estimate of drug-likeness (QED) is 0.818. The number of fused-ring (bicyclic) bond motifs is 1. The lowest BCUT2D eigenvalue weighted by Gasteiger charge is -2.29. The monoisotopic (exact) mass is 422 g/mol. The van der Waals surface area contributed by atoms with E-state index >= 15 is 4.39 Å². The lowest BCUT2D eigenvalue weighted by atomic mass is 10.1. The van der Waals surface area contributed by atoms with Gasteiger partial charge in [0, 0.05) is 62.5 Å². The number of rotatable bonds is 4. The number of nitrogens with one attached hydrogen (secondary N) is 1. The fraction of sp³-hybridized carbons (Fsp3) is 0.304. The Morgan fingerprint density at radius 3 is 2.68 bits per heavy atom. The summed E-state index contributed by atoms with van der Waals surface area (Å²) in [6.45, 7) is 3.84. The Morgan fingerprint density at radius 2 is 2.03 bits per heavy atom. The topological polar surface area (TPSA) is 56.6 Å². The number of amides is 2. The van der Waals surface area contributed by atoms with E-state index in [4.69, 9.17) is 0 Å². The summed E-state index contributed by atoms with van der Waals surface area (Å²) >= 11 is 0. The Bertz CT molecular complexity index is 1100. The van der Waals surface area contributed by atoms with Crippen molar-refractivity contribution in [3.05, 3.63) is 72.1 Å². The van der Waals surface area contributed by atoms with Gasteiger partial charge in [0.15, 0.2) is 0 Å². The van der Waals surface area contributed by atoms with Gasteiger partial charge in [0.1, 0.15) is 12.0 Å². The molecule has 2 aromatic rings. The number of anilines is 1. The van der Waals surface area contributed by atoms with Crippen molar-refractivity contribution in [1.82, 2.24) is 24.9 Å². The number of allylic oxidation sites excluding steroid dienone is 2. The summed E-state index contributed by atoms with van der Waals surface area (Å²) in [6, 6.07) is 4.73. The van der Waals surface area contributed by atoms with Crippen molar-refractivity contribution in [1.29, 1.82) is 0 Å². The first-order valence-corrected chi connectivity index (χ1v) is 10.2. The molecule has 0 aliphatic carbocycles. The number of carbonyl (C=O) groups excluding carboxylic acids is 1. The van der Waals surface area contributed by atoms with Crippen LogP contribution in [0.25, 0.3) is 11.3 Å². The zero-order valence-electron chi connectivity index (χ0n) is 18.4. The molecule has 0 bridgehead atoms. The van der Waals surface area contributed by atoms with E-state index in [0.29, 0.717) is 0 Å². The molecule has 0 saturated carbocycles. The minimum absolute atomic E-state index is 0.0249. The lowest BCUT2D eigenvalue weighted by molar-refractivity contribution is 0.205. The minimum atomic E-state index is -0.445. The van der Waals surface area contributed by atoms with Gasteiger partial charge in [0.2, 0.25) is 0 Å². The minimum Gasteiger partial charge on any atom is -0.366 e. The molecule has 1 aromatic heterocycles. The highest BCUT2D eigenvalue weighted by Gasteiger charge is 2.28. The van der Waals surface area contributed by atoms with E-state index in [-0.39, 0.29) is 23.9 Å². The van der Waals surface area contributed by atoms with Crippen LogP contribution in [0.5, 0.6) is 0 Å². The zero-order valence-corrected chi connectivity index (χ0v) is 18.4. The molecule has 0 saturated heterocycles. The van der Waals surface area contributed by atoms with Crippen molar-refractivity contribution in [2.45, 2.75) is 26.1 Å². The molecule has 162 valence electrons. The number of urea groups is 1. The second kappa shape index (κ2) is 7.94. The fourth-order valence-electron chi connectivity index (χ4n) is 3.63. The van der Waals surface area contributed by atoms with Gasteiger partial charge in [-0.05, 0) is 32.1 Å². The summed E-state index contributed by atoms with van der Waals surface area (Å²) < 4.78 is 16.8. The molecule has 4 rings (SSSR count). The van der Waals surface area contributed by atoms with Crippen LogP contribution < -0.4 is 10.2 Å². The van der Waals surface area contributed by atoms with E-state index in [2.05, 4.69) is 27.5 Å². The fourth-order valence-corrected chi connectivity index (χ4v) is 3.63. The Labute approximate surface area is 181 Å². The summed E-state index contributed by atoms with van der Waals surface area (Å²) in [5.74, 6) is -0.445. The highest BCUT2D eigenvalue weighted by Crippen LogP contribution is 2.33. The molecule has 1 aromatic carbocycles. The van der Waals surface area contributed by atoms with Crippen LogP contribution in [0.4, 0.5) is 14.9 Å². The average Bonchev–Trinajstić information content (AvgIpc) is 3.37. The molecular formula is C23H27FN6O. The normalized spacial score (nSPS) is 17.3. The van der Waals surface area contributed by atoms with Gasteiger partial charge in [-0.15, -0.1) is 0 Å². The summed E-state index contributed by atoms with van der Waals surface area (Å²) in [4.78, 5) is 17.6. The van der Waals surface area contributed by atoms with E-state index in [1.54, 1.807) is 29.7 Å². The number of carbonyl (C=O) groups is 1. The lowest BCUT2D eigenvalue weighted by Crippen LogP contribution is -2.42. The van der Waals surface area contributed by atoms with Gasteiger partial charge in [-0.25, -0.2) is 9.18 Å². The molecule has 2 amide bonds. The predicted molar refractivity (Wildman–Crippen MR) is 120 cm³/mol. The third-order valence-corrected chi connectivity index (χ3v) is 5.71. The largest absolute Gasteiger partial charge is 0.366 e. The molecule has 1 N–H and O–H groups in total. The number of aromatic nitrogens is 2. The van der Waals surface area contributed by atoms with Crippen LogP contribution in [-0.2, 0) is 7.05 Å². The maximum atomic E-state index is 15.0. The van der Waals surface area contributed by atoms with Gasteiger partial charge in [0.05, 0.1) is 17.6 Å². The zero-order chi connectivity index (χ0) is 22.3. The smallest absolute Gasteiger partial charge is 0.324 e. The van der Waals surface area contributed by atoms with E-state index in [9.17, 15) is 4.79 Å². The van der Waals surface area contributed by atoms with Crippen molar-refractivity contribution in [3.8, 4) is 0 Å². The summed E-state index contributed by atoms with van der Waals surface area (Å²) in [7, 11) is 5.18. The first-order chi connectivity index (χ1) is 14.8. The van der Waals surface area contributed by atoms with Crippen LogP contribution in [0.15, 0.2) is 55.1 Å². The standard InChI is InChI=1S/C23H27FN6O/c1-15(2)28(4)23(31)29(5)20-8-6-16(10-19(20)24)21-12-25-22-9-7-17(14-30(21)22)18-11-26-27(3)13-18/h6-15,22,25H,1-5H3. The third kappa shape index (κ3) is 3.81. The Morgan fingerprint density at radius 1 is 1.26 bits per heavy atom. The number of aryl methyl sites for hydroxylation is 1. The van der Waals surface area contributed by atoms with Crippen LogP contribution in [0.2, 0.25) is 0 Å². The molecule has 8 heteroatoms. The van der Waals surface area contributed by atoms with Crippen LogP contribution in [0.3, 0.4) is 0 Å². The first kappa shape index (κ1) is 20.7. The number of halogens is 1. The molecule has 0 radical (unpaired) electrons. The molecule has 1 unspecified atom stereocenters. The number of hydrogen-bond acceptors (Lipinski definition) is 4. The van der Waals surface area contributed by atoms with Crippen molar-refractivity contribution in [2.24, 2.45) is 7.05 Å². The first-order valence-electron chi connectivity index (χ1n) is 10.2. The maximum absolute atomic E-state index is 15.0. The number of hydrogen-bond donors (Lipinski definition) is 1. The molecule has 0 fully saturated rings. The molecule has 0 spiro atoms. The van der Waals surface area contributed by atoms with Gasteiger partial charge < -0.3 is 15.1 Å².